The zero-order valence-corrected chi connectivity index (χ0v) is 19.5. The van der Waals surface area contributed by atoms with E-state index in [1.807, 2.05) is 84.5 Å². The SMILES string of the molecule is CCn1c(=O)n(CCC(=O)NCc2cn(-c3ccccc3)nc2-c2ccncc2)c2ccccc21. The smallest absolute Gasteiger partial charge is 0.329 e. The van der Waals surface area contributed by atoms with Gasteiger partial charge in [-0.3, -0.25) is 18.9 Å². The summed E-state index contributed by atoms with van der Waals surface area (Å²) in [6.07, 6.45) is 5.59. The summed E-state index contributed by atoms with van der Waals surface area (Å²) in [5, 5.41) is 7.77. The van der Waals surface area contributed by atoms with Crippen molar-refractivity contribution in [2.45, 2.75) is 33.0 Å². The standard InChI is InChI=1S/C27H26N6O2/c1-2-31-23-10-6-7-11-24(23)32(27(31)35)17-14-25(34)29-18-21-19-33(22-8-4-3-5-9-22)30-26(21)20-12-15-28-16-13-20/h3-13,15-16,19H,2,14,17-18H2,1H3,(H,29,34). The van der Waals surface area contributed by atoms with E-state index in [1.165, 1.54) is 0 Å². The van der Waals surface area contributed by atoms with E-state index in [-0.39, 0.29) is 18.0 Å². The van der Waals surface area contributed by atoms with Crippen LogP contribution in [0.2, 0.25) is 0 Å². The van der Waals surface area contributed by atoms with E-state index < -0.39 is 0 Å². The lowest BCUT2D eigenvalue weighted by Crippen LogP contribution is -2.28. The van der Waals surface area contributed by atoms with Gasteiger partial charge in [0.2, 0.25) is 5.91 Å². The molecule has 3 heterocycles. The van der Waals surface area contributed by atoms with Crippen LogP contribution in [0.3, 0.4) is 0 Å². The number of nitrogens with one attached hydrogen (secondary N) is 1. The van der Waals surface area contributed by atoms with E-state index in [9.17, 15) is 9.59 Å². The Bertz CT molecular complexity index is 1520. The summed E-state index contributed by atoms with van der Waals surface area (Å²) in [5.74, 6) is -0.127. The number of benzene rings is 2. The lowest BCUT2D eigenvalue weighted by Gasteiger charge is -2.07. The third-order valence-corrected chi connectivity index (χ3v) is 6.04. The van der Waals surface area contributed by atoms with Gasteiger partial charge in [-0.15, -0.1) is 0 Å². The summed E-state index contributed by atoms with van der Waals surface area (Å²) in [6.45, 7) is 3.18. The highest BCUT2D eigenvalue weighted by atomic mass is 16.2. The van der Waals surface area contributed by atoms with Crippen molar-refractivity contribution in [2.24, 2.45) is 0 Å². The Morgan fingerprint density at radius 1 is 0.914 bits per heavy atom. The summed E-state index contributed by atoms with van der Waals surface area (Å²) < 4.78 is 5.22. The zero-order valence-electron chi connectivity index (χ0n) is 19.5. The molecule has 0 fully saturated rings. The van der Waals surface area contributed by atoms with E-state index in [2.05, 4.69) is 10.3 Å². The maximum Gasteiger partial charge on any atom is 0.329 e. The number of amides is 1. The molecule has 0 aliphatic heterocycles. The highest BCUT2D eigenvalue weighted by molar-refractivity contribution is 5.78. The highest BCUT2D eigenvalue weighted by Gasteiger charge is 2.15. The lowest BCUT2D eigenvalue weighted by atomic mass is 10.1. The number of aryl methyl sites for hydroxylation is 2. The van der Waals surface area contributed by atoms with Crippen molar-refractivity contribution in [1.29, 1.82) is 0 Å². The van der Waals surface area contributed by atoms with Gasteiger partial charge in [0.05, 0.1) is 22.4 Å². The topological polar surface area (TPSA) is 86.7 Å². The lowest BCUT2D eigenvalue weighted by molar-refractivity contribution is -0.121. The zero-order chi connectivity index (χ0) is 24.2. The number of aromatic nitrogens is 5. The average Bonchev–Trinajstić information content (AvgIpc) is 3.45. The minimum atomic E-state index is -0.127. The summed E-state index contributed by atoms with van der Waals surface area (Å²) in [4.78, 5) is 29.7. The molecule has 0 unspecified atom stereocenters. The molecular formula is C27H26N6O2. The van der Waals surface area contributed by atoms with Gasteiger partial charge in [0, 0.05) is 55.8 Å². The normalized spacial score (nSPS) is 11.1. The Balaban J connectivity index is 1.33. The van der Waals surface area contributed by atoms with Gasteiger partial charge in [-0.1, -0.05) is 30.3 Å². The van der Waals surface area contributed by atoms with Crippen LogP contribution < -0.4 is 11.0 Å². The van der Waals surface area contributed by atoms with Crippen LogP contribution in [-0.2, 0) is 24.4 Å². The average molecular weight is 467 g/mol. The molecule has 3 aromatic heterocycles. The molecule has 0 aliphatic carbocycles. The van der Waals surface area contributed by atoms with Crippen LogP contribution in [-0.4, -0.2) is 29.8 Å². The van der Waals surface area contributed by atoms with Crippen molar-refractivity contribution in [3.63, 3.8) is 0 Å². The summed E-state index contributed by atoms with van der Waals surface area (Å²) >= 11 is 0. The number of carbonyl (C=O) groups excluding carboxylic acids is 1. The van der Waals surface area contributed by atoms with Gasteiger partial charge in [0.15, 0.2) is 0 Å². The highest BCUT2D eigenvalue weighted by Crippen LogP contribution is 2.23. The van der Waals surface area contributed by atoms with Crippen LogP contribution in [0.15, 0.2) is 90.1 Å². The first kappa shape index (κ1) is 22.3. The number of para-hydroxylation sites is 3. The van der Waals surface area contributed by atoms with Crippen molar-refractivity contribution in [1.82, 2.24) is 29.2 Å². The number of fused-ring (bicyclic) bond motifs is 1. The van der Waals surface area contributed by atoms with Crippen molar-refractivity contribution >= 4 is 16.9 Å². The second kappa shape index (κ2) is 9.80. The van der Waals surface area contributed by atoms with Crippen LogP contribution in [0, 0.1) is 0 Å². The van der Waals surface area contributed by atoms with Crippen molar-refractivity contribution in [2.75, 3.05) is 0 Å². The Morgan fingerprint density at radius 3 is 2.31 bits per heavy atom. The third kappa shape index (κ3) is 4.50. The molecular weight excluding hydrogens is 440 g/mol. The van der Waals surface area contributed by atoms with Gasteiger partial charge in [-0.25, -0.2) is 9.48 Å². The Morgan fingerprint density at radius 2 is 1.60 bits per heavy atom. The summed E-state index contributed by atoms with van der Waals surface area (Å²) in [5.41, 5.74) is 5.19. The van der Waals surface area contributed by atoms with Crippen molar-refractivity contribution < 1.29 is 4.79 Å². The largest absolute Gasteiger partial charge is 0.352 e. The molecule has 0 radical (unpaired) electrons. The number of rotatable bonds is 8. The maximum absolute atomic E-state index is 12.8. The predicted octanol–water partition coefficient (Wildman–Crippen LogP) is 3.78. The molecule has 0 bridgehead atoms. The fourth-order valence-corrected chi connectivity index (χ4v) is 4.29. The van der Waals surface area contributed by atoms with Crippen LogP contribution in [0.4, 0.5) is 0 Å². The minimum Gasteiger partial charge on any atom is -0.352 e. The molecule has 176 valence electrons. The fraction of sp³-hybridized carbons (Fsp3) is 0.185. The second-order valence-corrected chi connectivity index (χ2v) is 8.21. The van der Waals surface area contributed by atoms with E-state index >= 15 is 0 Å². The monoisotopic (exact) mass is 466 g/mol. The minimum absolute atomic E-state index is 0.0920. The van der Waals surface area contributed by atoms with E-state index in [4.69, 9.17) is 5.10 Å². The molecule has 35 heavy (non-hydrogen) atoms. The van der Waals surface area contributed by atoms with Crippen LogP contribution in [0.1, 0.15) is 18.9 Å². The first-order valence-electron chi connectivity index (χ1n) is 11.6. The first-order chi connectivity index (χ1) is 17.2. The Kier molecular flexibility index (Phi) is 6.26. The quantitative estimate of drug-likeness (QED) is 0.377. The Hall–Kier alpha value is -4.46. The fourth-order valence-electron chi connectivity index (χ4n) is 4.29. The van der Waals surface area contributed by atoms with Crippen LogP contribution in [0.5, 0.6) is 0 Å². The Labute approximate surface area is 202 Å². The first-order valence-corrected chi connectivity index (χ1v) is 11.6. The van der Waals surface area contributed by atoms with Gasteiger partial charge in [-0.05, 0) is 43.3 Å². The number of imidazole rings is 1. The van der Waals surface area contributed by atoms with Gasteiger partial charge in [0.25, 0.3) is 0 Å². The number of hydrogen-bond acceptors (Lipinski definition) is 4. The van der Waals surface area contributed by atoms with Gasteiger partial charge < -0.3 is 5.32 Å². The maximum atomic E-state index is 12.8. The number of hydrogen-bond donors (Lipinski definition) is 1. The third-order valence-electron chi connectivity index (χ3n) is 6.04. The van der Waals surface area contributed by atoms with Crippen LogP contribution >= 0.6 is 0 Å². The summed E-state index contributed by atoms with van der Waals surface area (Å²) in [6, 6.07) is 21.3. The van der Waals surface area contributed by atoms with Gasteiger partial charge in [0.1, 0.15) is 0 Å². The molecule has 0 spiro atoms. The molecule has 1 N–H and O–H groups in total. The molecule has 0 saturated heterocycles. The number of carbonyl (C=O) groups is 1. The van der Waals surface area contributed by atoms with E-state index in [0.717, 1.165) is 33.5 Å². The molecule has 8 heteroatoms. The molecule has 0 aliphatic rings. The van der Waals surface area contributed by atoms with Crippen molar-refractivity contribution in [3.05, 3.63) is 101 Å². The van der Waals surface area contributed by atoms with E-state index in [1.54, 1.807) is 21.5 Å². The molecule has 0 atom stereocenters. The predicted molar refractivity (Wildman–Crippen MR) is 135 cm³/mol. The van der Waals surface area contributed by atoms with Gasteiger partial charge in [-0.2, -0.15) is 5.10 Å². The summed E-state index contributed by atoms with van der Waals surface area (Å²) in [7, 11) is 0. The molecule has 5 rings (SSSR count). The van der Waals surface area contributed by atoms with Gasteiger partial charge >= 0.3 is 5.69 Å². The van der Waals surface area contributed by atoms with Crippen molar-refractivity contribution in [3.8, 4) is 16.9 Å². The second-order valence-electron chi connectivity index (χ2n) is 8.21. The van der Waals surface area contributed by atoms with Crippen LogP contribution in [0.25, 0.3) is 28.0 Å². The molecule has 8 nitrogen and oxygen atoms in total. The number of nitrogens with zero attached hydrogens (tertiary/aromatic N) is 5. The molecule has 2 aromatic carbocycles. The molecule has 0 saturated carbocycles. The van der Waals surface area contributed by atoms with E-state index in [0.29, 0.717) is 19.6 Å². The molecule has 5 aromatic rings. The number of pyridine rings is 1. The molecule has 1 amide bonds.